The van der Waals surface area contributed by atoms with Gasteiger partial charge in [-0.3, -0.25) is 9.35 Å². The first-order valence-electron chi connectivity index (χ1n) is 2.88. The first-order chi connectivity index (χ1) is 5.00. The first-order valence-corrected chi connectivity index (χ1v) is 4.32. The average molecular weight is 174 g/mol. The number of hydrogen-bond acceptors (Lipinski definition) is 3. The summed E-state index contributed by atoms with van der Waals surface area (Å²) in [6.45, 7) is 0. The van der Waals surface area contributed by atoms with Crippen LogP contribution >= 0.6 is 0 Å². The van der Waals surface area contributed by atoms with Crippen molar-refractivity contribution in [3.05, 3.63) is 23.1 Å². The largest absolute Gasteiger partial charge is 0.294 e. The van der Waals surface area contributed by atoms with Crippen molar-refractivity contribution in [2.75, 3.05) is 0 Å². The van der Waals surface area contributed by atoms with Gasteiger partial charge in [-0.2, -0.15) is 8.42 Å². The van der Waals surface area contributed by atoms with Gasteiger partial charge >= 0.3 is 0 Å². The Kier molecular flexibility index (Phi) is 1.92. The quantitative estimate of drug-likeness (QED) is 0.580. The van der Waals surface area contributed by atoms with Gasteiger partial charge in [-0.1, -0.05) is 6.08 Å². The molecule has 11 heavy (non-hydrogen) atoms. The summed E-state index contributed by atoms with van der Waals surface area (Å²) in [5.74, 6) is -0.319. The molecule has 60 valence electrons. The summed E-state index contributed by atoms with van der Waals surface area (Å²) < 4.78 is 29.3. The van der Waals surface area contributed by atoms with Crippen molar-refractivity contribution in [1.29, 1.82) is 0 Å². The minimum absolute atomic E-state index is 0.241. The third-order valence-electron chi connectivity index (χ3n) is 1.24. The number of carbonyl (C=O) groups is 1. The number of hydrogen-bond donors (Lipinski definition) is 1. The van der Waals surface area contributed by atoms with Crippen LogP contribution in [0.25, 0.3) is 0 Å². The topological polar surface area (TPSA) is 71.4 Å². The van der Waals surface area contributed by atoms with Crippen molar-refractivity contribution in [2.24, 2.45) is 0 Å². The number of ketones is 1. The molecule has 1 aliphatic rings. The Morgan fingerprint density at radius 2 is 2.09 bits per heavy atom. The third kappa shape index (κ3) is 1.99. The molecule has 1 aliphatic carbocycles. The van der Waals surface area contributed by atoms with Gasteiger partial charge in [-0.25, -0.2) is 0 Å². The molecule has 0 aliphatic heterocycles. The number of carbonyl (C=O) groups excluding carboxylic acids is 1. The lowest BCUT2D eigenvalue weighted by Crippen LogP contribution is -2.08. The molecule has 1 rings (SSSR count). The van der Waals surface area contributed by atoms with E-state index in [1.807, 2.05) is 0 Å². The van der Waals surface area contributed by atoms with Crippen LogP contribution in [0.2, 0.25) is 0 Å². The Hall–Kier alpha value is -0.940. The zero-order valence-corrected chi connectivity index (χ0v) is 6.34. The molecular weight excluding hydrogens is 168 g/mol. The van der Waals surface area contributed by atoms with E-state index in [9.17, 15) is 13.2 Å². The van der Waals surface area contributed by atoms with Gasteiger partial charge in [0.25, 0.3) is 10.1 Å². The van der Waals surface area contributed by atoms with Crippen molar-refractivity contribution in [3.63, 3.8) is 0 Å². The Morgan fingerprint density at radius 1 is 1.45 bits per heavy atom. The van der Waals surface area contributed by atoms with E-state index in [1.54, 1.807) is 0 Å². The highest BCUT2D eigenvalue weighted by Crippen LogP contribution is 2.13. The molecule has 0 heterocycles. The summed E-state index contributed by atoms with van der Waals surface area (Å²) >= 11 is 0. The normalized spacial score (nSPS) is 18.3. The van der Waals surface area contributed by atoms with Crippen LogP contribution in [0.5, 0.6) is 0 Å². The first kappa shape index (κ1) is 8.16. The average Bonchev–Trinajstić information content (AvgIpc) is 1.86. The summed E-state index contributed by atoms with van der Waals surface area (Å²) in [5, 5.41) is 0. The van der Waals surface area contributed by atoms with Crippen LogP contribution in [-0.2, 0) is 14.9 Å². The standard InChI is InChI=1S/C6H6O4S/c7-5-2-1-3-6(4-5)11(8,9)10/h1-3H,4H2,(H,8,9,10). The molecule has 1 N–H and O–H groups in total. The molecule has 0 bridgehead atoms. The second kappa shape index (κ2) is 2.60. The minimum Gasteiger partial charge on any atom is -0.294 e. The Bertz CT molecular complexity index is 334. The van der Waals surface area contributed by atoms with Crippen molar-refractivity contribution in [1.82, 2.24) is 0 Å². The molecule has 0 saturated heterocycles. The fourth-order valence-corrected chi connectivity index (χ4v) is 1.30. The maximum atomic E-state index is 10.6. The summed E-state index contributed by atoms with van der Waals surface area (Å²) in [6, 6.07) is 0. The van der Waals surface area contributed by atoms with Crippen LogP contribution < -0.4 is 0 Å². The lowest BCUT2D eigenvalue weighted by molar-refractivity contribution is -0.114. The van der Waals surface area contributed by atoms with Gasteiger partial charge in [-0.05, 0) is 12.2 Å². The van der Waals surface area contributed by atoms with Crippen molar-refractivity contribution < 1.29 is 17.8 Å². The van der Waals surface area contributed by atoms with E-state index in [1.165, 1.54) is 18.2 Å². The third-order valence-corrected chi connectivity index (χ3v) is 2.19. The van der Waals surface area contributed by atoms with Gasteiger partial charge < -0.3 is 0 Å². The van der Waals surface area contributed by atoms with E-state index in [0.29, 0.717) is 0 Å². The minimum atomic E-state index is -4.17. The summed E-state index contributed by atoms with van der Waals surface area (Å²) in [4.78, 5) is 10.4. The molecule has 0 radical (unpaired) electrons. The molecule has 0 saturated carbocycles. The highest BCUT2D eigenvalue weighted by atomic mass is 32.2. The molecule has 4 nitrogen and oxygen atoms in total. The van der Waals surface area contributed by atoms with Crippen LogP contribution in [0, 0.1) is 0 Å². The molecule has 0 aromatic carbocycles. The molecule has 0 fully saturated rings. The number of rotatable bonds is 1. The predicted octanol–water partition coefficient (Wildman–Crippen LogP) is 0.287. The highest BCUT2D eigenvalue weighted by Gasteiger charge is 2.17. The smallest absolute Gasteiger partial charge is 0.291 e. The van der Waals surface area contributed by atoms with Crippen LogP contribution in [0.3, 0.4) is 0 Å². The fraction of sp³-hybridized carbons (Fsp3) is 0.167. The highest BCUT2D eigenvalue weighted by molar-refractivity contribution is 7.89. The zero-order chi connectivity index (χ0) is 8.48. The van der Waals surface area contributed by atoms with Crippen molar-refractivity contribution in [2.45, 2.75) is 6.42 Å². The Morgan fingerprint density at radius 3 is 2.45 bits per heavy atom. The monoisotopic (exact) mass is 174 g/mol. The second-order valence-corrected chi connectivity index (χ2v) is 3.58. The van der Waals surface area contributed by atoms with E-state index >= 15 is 0 Å². The lowest BCUT2D eigenvalue weighted by Gasteiger charge is -2.02. The van der Waals surface area contributed by atoms with Crippen LogP contribution in [0.15, 0.2) is 23.1 Å². The van der Waals surface area contributed by atoms with Crippen LogP contribution in [0.1, 0.15) is 6.42 Å². The van der Waals surface area contributed by atoms with E-state index in [4.69, 9.17) is 4.55 Å². The molecule has 0 spiro atoms. The number of allylic oxidation sites excluding steroid dienone is 4. The SMILES string of the molecule is O=C1C=CC=C(S(=O)(=O)O)C1. The van der Waals surface area contributed by atoms with E-state index in [-0.39, 0.29) is 17.1 Å². The molecule has 0 aromatic heterocycles. The molecule has 0 aromatic rings. The molecule has 0 amide bonds. The molecule has 0 unspecified atom stereocenters. The van der Waals surface area contributed by atoms with Gasteiger partial charge in [-0.15, -0.1) is 0 Å². The van der Waals surface area contributed by atoms with Gasteiger partial charge in [0.2, 0.25) is 0 Å². The Labute approximate surface area is 64.0 Å². The van der Waals surface area contributed by atoms with Gasteiger partial charge in [0.15, 0.2) is 5.78 Å². The van der Waals surface area contributed by atoms with Crippen molar-refractivity contribution in [3.8, 4) is 0 Å². The molecule has 0 atom stereocenters. The van der Waals surface area contributed by atoms with E-state index in [0.717, 1.165) is 0 Å². The summed E-state index contributed by atoms with van der Waals surface area (Å²) in [7, 11) is -4.17. The molecular formula is C6H6O4S. The molecule has 5 heteroatoms. The summed E-state index contributed by atoms with van der Waals surface area (Å²) in [6.07, 6.45) is 3.52. The maximum absolute atomic E-state index is 10.6. The Balaban J connectivity index is 3.01. The maximum Gasteiger partial charge on any atom is 0.291 e. The lowest BCUT2D eigenvalue weighted by atomic mass is 10.2. The van der Waals surface area contributed by atoms with Gasteiger partial charge in [0, 0.05) is 6.42 Å². The summed E-state index contributed by atoms with van der Waals surface area (Å²) in [5.41, 5.74) is 0. The van der Waals surface area contributed by atoms with Crippen LogP contribution in [0.4, 0.5) is 0 Å². The van der Waals surface area contributed by atoms with Gasteiger partial charge in [0.05, 0.1) is 4.91 Å². The fourth-order valence-electron chi connectivity index (χ4n) is 0.730. The van der Waals surface area contributed by atoms with Gasteiger partial charge in [0.1, 0.15) is 0 Å². The van der Waals surface area contributed by atoms with E-state index < -0.39 is 10.1 Å². The zero-order valence-electron chi connectivity index (χ0n) is 5.52. The van der Waals surface area contributed by atoms with E-state index in [2.05, 4.69) is 0 Å². The second-order valence-electron chi connectivity index (χ2n) is 2.11. The predicted molar refractivity (Wildman–Crippen MR) is 38.4 cm³/mol. The van der Waals surface area contributed by atoms with Crippen LogP contribution in [-0.4, -0.2) is 18.8 Å². The van der Waals surface area contributed by atoms with Crippen molar-refractivity contribution >= 4 is 15.9 Å².